The summed E-state index contributed by atoms with van der Waals surface area (Å²) in [6, 6.07) is 14.1. The number of nitrogen functional groups attached to an aromatic ring is 1. The van der Waals surface area contributed by atoms with E-state index in [0.717, 1.165) is 16.7 Å². The molecule has 28 heavy (non-hydrogen) atoms. The van der Waals surface area contributed by atoms with Crippen LogP contribution in [0.5, 0.6) is 0 Å². The van der Waals surface area contributed by atoms with Crippen LogP contribution < -0.4 is 16.4 Å². The Balaban J connectivity index is 1.56. The largest absolute Gasteiger partial charge is 0.383 e. The number of rotatable bonds is 3. The third-order valence-electron chi connectivity index (χ3n) is 4.36. The monoisotopic (exact) mass is 392 g/mol. The van der Waals surface area contributed by atoms with Gasteiger partial charge in [0.1, 0.15) is 5.82 Å². The average molecular weight is 393 g/mol. The Bertz CT molecular complexity index is 1190. The van der Waals surface area contributed by atoms with Crippen LogP contribution in [-0.2, 0) is 0 Å². The first-order valence-corrected chi connectivity index (χ1v) is 8.92. The molecule has 0 saturated heterocycles. The lowest BCUT2D eigenvalue weighted by molar-refractivity contribution is 0.262. The van der Waals surface area contributed by atoms with Crippen LogP contribution in [0.2, 0.25) is 5.02 Å². The highest BCUT2D eigenvalue weighted by molar-refractivity contribution is 6.33. The summed E-state index contributed by atoms with van der Waals surface area (Å²) < 4.78 is 1.59. The molecule has 8 heteroatoms. The minimum atomic E-state index is -0.372. The molecule has 0 aliphatic rings. The minimum absolute atomic E-state index is 0.372. The van der Waals surface area contributed by atoms with Crippen molar-refractivity contribution in [2.75, 3.05) is 16.4 Å². The van der Waals surface area contributed by atoms with Gasteiger partial charge in [0.05, 0.1) is 16.9 Å². The zero-order valence-corrected chi connectivity index (χ0v) is 15.7. The Hall–Kier alpha value is -3.58. The molecule has 7 nitrogen and oxygen atoms in total. The number of fused-ring (bicyclic) bond motifs is 1. The van der Waals surface area contributed by atoms with Crippen LogP contribution in [0.1, 0.15) is 5.56 Å². The Labute approximate surface area is 166 Å². The third-order valence-corrected chi connectivity index (χ3v) is 4.69. The van der Waals surface area contributed by atoms with Crippen molar-refractivity contribution >= 4 is 40.5 Å². The first-order valence-electron chi connectivity index (χ1n) is 8.55. The molecule has 0 fully saturated rings. The van der Waals surface area contributed by atoms with Gasteiger partial charge < -0.3 is 16.4 Å². The highest BCUT2D eigenvalue weighted by Crippen LogP contribution is 2.29. The number of carbonyl (C=O) groups excluding carboxylic acids is 1. The molecule has 0 radical (unpaired) electrons. The van der Waals surface area contributed by atoms with Crippen LogP contribution in [0.15, 0.2) is 60.9 Å². The van der Waals surface area contributed by atoms with Crippen LogP contribution in [0.3, 0.4) is 0 Å². The fraction of sp³-hybridized carbons (Fsp3) is 0.0500. The van der Waals surface area contributed by atoms with Crippen molar-refractivity contribution in [2.45, 2.75) is 6.92 Å². The van der Waals surface area contributed by atoms with E-state index in [4.69, 9.17) is 17.3 Å². The van der Waals surface area contributed by atoms with E-state index in [2.05, 4.69) is 20.7 Å². The summed E-state index contributed by atoms with van der Waals surface area (Å²) in [5.41, 5.74) is 10.7. The number of benzene rings is 2. The maximum Gasteiger partial charge on any atom is 0.323 e. The Morgan fingerprint density at radius 2 is 1.89 bits per heavy atom. The number of aromatic nitrogens is 3. The van der Waals surface area contributed by atoms with Gasteiger partial charge in [-0.2, -0.15) is 9.61 Å². The lowest BCUT2D eigenvalue weighted by atomic mass is 10.0. The summed E-state index contributed by atoms with van der Waals surface area (Å²) in [6.45, 7) is 1.91. The van der Waals surface area contributed by atoms with Crippen molar-refractivity contribution in [3.63, 3.8) is 0 Å². The van der Waals surface area contributed by atoms with Gasteiger partial charge in [0, 0.05) is 23.5 Å². The molecule has 0 unspecified atom stereocenters. The van der Waals surface area contributed by atoms with Gasteiger partial charge in [-0.1, -0.05) is 29.8 Å². The van der Waals surface area contributed by atoms with Crippen molar-refractivity contribution in [3.05, 3.63) is 71.5 Å². The first kappa shape index (κ1) is 17.8. The van der Waals surface area contributed by atoms with E-state index in [1.54, 1.807) is 47.2 Å². The molecule has 0 aliphatic heterocycles. The highest BCUT2D eigenvalue weighted by Gasteiger charge is 2.11. The zero-order valence-electron chi connectivity index (χ0n) is 15.0. The van der Waals surface area contributed by atoms with Crippen LogP contribution >= 0.6 is 11.6 Å². The quantitative estimate of drug-likeness (QED) is 0.475. The molecule has 0 bridgehead atoms. The Morgan fingerprint density at radius 3 is 2.68 bits per heavy atom. The fourth-order valence-electron chi connectivity index (χ4n) is 2.92. The second-order valence-corrected chi connectivity index (χ2v) is 6.65. The number of nitrogens with one attached hydrogen (secondary N) is 2. The summed E-state index contributed by atoms with van der Waals surface area (Å²) in [4.78, 5) is 16.7. The van der Waals surface area contributed by atoms with E-state index in [1.807, 2.05) is 25.1 Å². The molecule has 0 spiro atoms. The summed E-state index contributed by atoms with van der Waals surface area (Å²) in [5.74, 6) is 0.506. The average Bonchev–Trinajstić information content (AvgIpc) is 3.15. The van der Waals surface area contributed by atoms with Gasteiger partial charge in [-0.25, -0.2) is 9.78 Å². The predicted octanol–water partition coefficient (Wildman–Crippen LogP) is 4.58. The van der Waals surface area contributed by atoms with E-state index in [1.165, 1.54) is 0 Å². The number of para-hydroxylation sites is 1. The van der Waals surface area contributed by atoms with Crippen LogP contribution in [-0.4, -0.2) is 20.6 Å². The summed E-state index contributed by atoms with van der Waals surface area (Å²) in [6.07, 6.45) is 3.37. The number of nitrogens with zero attached hydrogens (tertiary/aromatic N) is 3. The molecule has 4 rings (SSSR count). The zero-order chi connectivity index (χ0) is 19.7. The molecule has 140 valence electrons. The van der Waals surface area contributed by atoms with E-state index < -0.39 is 0 Å². The van der Waals surface area contributed by atoms with E-state index in [-0.39, 0.29) is 6.03 Å². The number of hydrogen-bond donors (Lipinski definition) is 3. The number of aryl methyl sites for hydroxylation is 1. The number of nitrogens with two attached hydrogens (primary N) is 1. The number of carbonyl (C=O) groups is 1. The van der Waals surface area contributed by atoms with E-state index in [0.29, 0.717) is 27.9 Å². The maximum atomic E-state index is 12.3. The molecular formula is C20H17ClN6O. The number of amides is 2. The van der Waals surface area contributed by atoms with Gasteiger partial charge in [0.2, 0.25) is 0 Å². The second kappa shape index (κ2) is 7.21. The van der Waals surface area contributed by atoms with Gasteiger partial charge in [0.25, 0.3) is 0 Å². The lowest BCUT2D eigenvalue weighted by Gasteiger charge is -2.13. The van der Waals surface area contributed by atoms with Gasteiger partial charge >= 0.3 is 6.03 Å². The first-order chi connectivity index (χ1) is 13.5. The van der Waals surface area contributed by atoms with Crippen molar-refractivity contribution in [1.29, 1.82) is 0 Å². The van der Waals surface area contributed by atoms with Crippen molar-refractivity contribution in [1.82, 2.24) is 14.6 Å². The number of hydrogen-bond acceptors (Lipinski definition) is 4. The van der Waals surface area contributed by atoms with Gasteiger partial charge in [-0.3, -0.25) is 0 Å². The molecule has 4 N–H and O–H groups in total. The molecule has 0 atom stereocenters. The minimum Gasteiger partial charge on any atom is -0.383 e. The fourth-order valence-corrected chi connectivity index (χ4v) is 3.11. The standard InChI is InChI=1S/C20H17ClN6O/c1-12-10-13(14-11-23-18-8-9-24-27(18)19(14)22)6-7-16(12)25-20(28)26-17-5-3-2-4-15(17)21/h2-11H,22H2,1H3,(H2,25,26,28). The van der Waals surface area contributed by atoms with Crippen LogP contribution in [0.4, 0.5) is 22.0 Å². The summed E-state index contributed by atoms with van der Waals surface area (Å²) in [7, 11) is 0. The Kier molecular flexibility index (Phi) is 4.58. The number of halogens is 1. The summed E-state index contributed by atoms with van der Waals surface area (Å²) >= 11 is 6.07. The van der Waals surface area contributed by atoms with Crippen molar-refractivity contribution in [3.8, 4) is 11.1 Å². The molecule has 2 aromatic carbocycles. The SMILES string of the molecule is Cc1cc(-c2cnc3ccnn3c2N)ccc1NC(=O)Nc1ccccc1Cl. The predicted molar refractivity (Wildman–Crippen MR) is 112 cm³/mol. The van der Waals surface area contributed by atoms with Gasteiger partial charge in [0.15, 0.2) is 5.65 Å². The highest BCUT2D eigenvalue weighted by atomic mass is 35.5. The molecule has 0 saturated carbocycles. The van der Waals surface area contributed by atoms with Crippen LogP contribution in [0, 0.1) is 6.92 Å². The molecule has 2 heterocycles. The second-order valence-electron chi connectivity index (χ2n) is 6.25. The van der Waals surface area contributed by atoms with Crippen molar-refractivity contribution < 1.29 is 4.79 Å². The van der Waals surface area contributed by atoms with E-state index in [9.17, 15) is 4.79 Å². The molecule has 2 amide bonds. The van der Waals surface area contributed by atoms with Crippen molar-refractivity contribution in [2.24, 2.45) is 0 Å². The molecule has 4 aromatic rings. The topological polar surface area (TPSA) is 97.3 Å². The normalized spacial score (nSPS) is 10.8. The van der Waals surface area contributed by atoms with Gasteiger partial charge in [-0.15, -0.1) is 0 Å². The smallest absolute Gasteiger partial charge is 0.323 e. The number of anilines is 3. The van der Waals surface area contributed by atoms with Gasteiger partial charge in [-0.05, 0) is 42.3 Å². The number of urea groups is 1. The molecule has 0 aliphatic carbocycles. The summed E-state index contributed by atoms with van der Waals surface area (Å²) in [5, 5.41) is 10.2. The Morgan fingerprint density at radius 1 is 1.11 bits per heavy atom. The third kappa shape index (κ3) is 3.35. The molecular weight excluding hydrogens is 376 g/mol. The van der Waals surface area contributed by atoms with E-state index >= 15 is 0 Å². The lowest BCUT2D eigenvalue weighted by Crippen LogP contribution is -2.20. The van der Waals surface area contributed by atoms with Crippen LogP contribution in [0.25, 0.3) is 16.8 Å². The maximum absolute atomic E-state index is 12.3. The molecule has 2 aromatic heterocycles.